The smallest absolute Gasteiger partial charge is 0.298 e. The van der Waals surface area contributed by atoms with E-state index < -0.39 is 0 Å². The van der Waals surface area contributed by atoms with Gasteiger partial charge in [-0.05, 0) is 38.3 Å². The summed E-state index contributed by atoms with van der Waals surface area (Å²) in [6, 6.07) is 6.88. The number of oxazole rings is 1. The zero-order valence-electron chi connectivity index (χ0n) is 10.0. The Labute approximate surface area is 100 Å². The molecule has 2 heterocycles. The zero-order chi connectivity index (χ0) is 11.8. The first kappa shape index (κ1) is 10.4. The van der Waals surface area contributed by atoms with Crippen molar-refractivity contribution in [3.63, 3.8) is 0 Å². The fraction of sp³-hybridized carbons (Fsp3) is 0.462. The maximum Gasteiger partial charge on any atom is 0.298 e. The highest BCUT2D eigenvalue weighted by Crippen LogP contribution is 2.29. The van der Waals surface area contributed by atoms with Crippen molar-refractivity contribution in [1.82, 2.24) is 4.98 Å². The van der Waals surface area contributed by atoms with Crippen molar-refractivity contribution in [1.29, 1.82) is 0 Å². The van der Waals surface area contributed by atoms with Crippen LogP contribution in [0.25, 0.3) is 11.1 Å². The van der Waals surface area contributed by atoms with E-state index in [0.29, 0.717) is 17.7 Å². The molecule has 1 aromatic carbocycles. The molecule has 1 aliphatic rings. The molecule has 1 saturated heterocycles. The third-order valence-electron chi connectivity index (χ3n) is 3.49. The fourth-order valence-electron chi connectivity index (χ4n) is 2.46. The second-order valence-corrected chi connectivity index (χ2v) is 4.73. The number of nitrogens with zero attached hydrogens (tertiary/aromatic N) is 2. The molecule has 2 N–H and O–H groups in total. The molecular formula is C13H17N3O. The Bertz CT molecular complexity index is 534. The van der Waals surface area contributed by atoms with Crippen molar-refractivity contribution >= 4 is 22.8 Å². The Balaban J connectivity index is 2.02. The molecule has 1 unspecified atom stereocenters. The van der Waals surface area contributed by atoms with Crippen LogP contribution in [0.4, 0.5) is 11.7 Å². The summed E-state index contributed by atoms with van der Waals surface area (Å²) >= 11 is 0. The van der Waals surface area contributed by atoms with Crippen LogP contribution in [0.3, 0.4) is 0 Å². The maximum atomic E-state index is 5.89. The summed E-state index contributed by atoms with van der Waals surface area (Å²) in [4.78, 5) is 6.76. The van der Waals surface area contributed by atoms with Gasteiger partial charge in [-0.2, -0.15) is 4.98 Å². The predicted molar refractivity (Wildman–Crippen MR) is 69.1 cm³/mol. The summed E-state index contributed by atoms with van der Waals surface area (Å²) in [7, 11) is 0. The highest BCUT2D eigenvalue weighted by Gasteiger charge is 2.23. The molecule has 1 aliphatic heterocycles. The van der Waals surface area contributed by atoms with Crippen LogP contribution in [-0.4, -0.2) is 17.6 Å². The molecule has 0 amide bonds. The lowest BCUT2D eigenvalue weighted by Gasteiger charge is -2.31. The molecule has 1 aromatic heterocycles. The van der Waals surface area contributed by atoms with Gasteiger partial charge in [0.2, 0.25) is 0 Å². The largest absolute Gasteiger partial charge is 0.423 e. The standard InChI is InChI=1S/C13H17N3O/c1-9-5-2-3-8-16(9)13-15-12-10(14)6-4-7-11(12)17-13/h4,6-7,9H,2-3,5,8,14H2,1H3. The summed E-state index contributed by atoms with van der Waals surface area (Å²) in [5, 5.41) is 0. The minimum atomic E-state index is 0.498. The Morgan fingerprint density at radius 1 is 1.41 bits per heavy atom. The predicted octanol–water partition coefficient (Wildman–Crippen LogP) is 2.79. The molecule has 0 aliphatic carbocycles. The number of benzene rings is 1. The van der Waals surface area contributed by atoms with E-state index in [0.717, 1.165) is 17.6 Å². The van der Waals surface area contributed by atoms with E-state index >= 15 is 0 Å². The van der Waals surface area contributed by atoms with E-state index in [9.17, 15) is 0 Å². The van der Waals surface area contributed by atoms with Crippen LogP contribution >= 0.6 is 0 Å². The van der Waals surface area contributed by atoms with Gasteiger partial charge >= 0.3 is 0 Å². The number of para-hydroxylation sites is 1. The van der Waals surface area contributed by atoms with Gasteiger partial charge in [0.1, 0.15) is 5.52 Å². The minimum Gasteiger partial charge on any atom is -0.423 e. The van der Waals surface area contributed by atoms with E-state index in [1.165, 1.54) is 19.3 Å². The van der Waals surface area contributed by atoms with Crippen molar-refractivity contribution < 1.29 is 4.42 Å². The summed E-state index contributed by atoms with van der Waals surface area (Å²) in [5.41, 5.74) is 8.13. The Kier molecular flexibility index (Phi) is 2.42. The van der Waals surface area contributed by atoms with Gasteiger partial charge < -0.3 is 15.1 Å². The zero-order valence-corrected chi connectivity index (χ0v) is 10.0. The highest BCUT2D eigenvalue weighted by molar-refractivity contribution is 5.86. The minimum absolute atomic E-state index is 0.498. The monoisotopic (exact) mass is 231 g/mol. The number of nitrogen functional groups attached to an aromatic ring is 1. The summed E-state index contributed by atoms with van der Waals surface area (Å²) in [6.45, 7) is 3.24. The van der Waals surface area contributed by atoms with Gasteiger partial charge in [0.15, 0.2) is 5.58 Å². The number of anilines is 2. The summed E-state index contributed by atoms with van der Waals surface area (Å²) < 4.78 is 5.79. The lowest BCUT2D eigenvalue weighted by Crippen LogP contribution is -2.37. The second-order valence-electron chi connectivity index (χ2n) is 4.73. The summed E-state index contributed by atoms with van der Waals surface area (Å²) in [6.07, 6.45) is 3.70. The lowest BCUT2D eigenvalue weighted by atomic mass is 10.0. The Morgan fingerprint density at radius 3 is 3.06 bits per heavy atom. The van der Waals surface area contributed by atoms with Crippen LogP contribution in [0.2, 0.25) is 0 Å². The molecule has 1 atom stereocenters. The van der Waals surface area contributed by atoms with Gasteiger partial charge in [0.05, 0.1) is 5.69 Å². The fourth-order valence-corrected chi connectivity index (χ4v) is 2.46. The molecule has 1 fully saturated rings. The average molecular weight is 231 g/mol. The Hall–Kier alpha value is -1.71. The molecule has 0 saturated carbocycles. The first-order valence-electron chi connectivity index (χ1n) is 6.17. The topological polar surface area (TPSA) is 55.3 Å². The molecule has 0 radical (unpaired) electrons. The van der Waals surface area contributed by atoms with Crippen LogP contribution in [0.5, 0.6) is 0 Å². The number of aromatic nitrogens is 1. The van der Waals surface area contributed by atoms with Gasteiger partial charge in [0.25, 0.3) is 6.01 Å². The SMILES string of the molecule is CC1CCCCN1c1nc2c(N)cccc2o1. The van der Waals surface area contributed by atoms with Crippen molar-refractivity contribution in [2.75, 3.05) is 17.2 Å². The van der Waals surface area contributed by atoms with E-state index in [2.05, 4.69) is 16.8 Å². The molecule has 3 rings (SSSR count). The molecule has 4 heteroatoms. The van der Waals surface area contributed by atoms with Crippen molar-refractivity contribution in [3.8, 4) is 0 Å². The van der Waals surface area contributed by atoms with E-state index in [-0.39, 0.29) is 0 Å². The molecule has 4 nitrogen and oxygen atoms in total. The van der Waals surface area contributed by atoms with Crippen molar-refractivity contribution in [3.05, 3.63) is 18.2 Å². The van der Waals surface area contributed by atoms with Gasteiger partial charge in [0, 0.05) is 12.6 Å². The molecule has 0 spiro atoms. The molecular weight excluding hydrogens is 214 g/mol. The first-order valence-corrected chi connectivity index (χ1v) is 6.17. The normalized spacial score (nSPS) is 21.0. The number of hydrogen-bond donors (Lipinski definition) is 1. The quantitative estimate of drug-likeness (QED) is 0.767. The maximum absolute atomic E-state index is 5.89. The van der Waals surface area contributed by atoms with Crippen LogP contribution < -0.4 is 10.6 Å². The molecule has 0 bridgehead atoms. The van der Waals surface area contributed by atoms with Gasteiger partial charge in [-0.15, -0.1) is 0 Å². The van der Waals surface area contributed by atoms with Gasteiger partial charge in [-0.3, -0.25) is 0 Å². The number of fused-ring (bicyclic) bond motifs is 1. The number of hydrogen-bond acceptors (Lipinski definition) is 4. The Morgan fingerprint density at radius 2 is 2.29 bits per heavy atom. The lowest BCUT2D eigenvalue weighted by molar-refractivity contribution is 0.443. The van der Waals surface area contributed by atoms with Gasteiger partial charge in [-0.1, -0.05) is 6.07 Å². The summed E-state index contributed by atoms with van der Waals surface area (Å²) in [5.74, 6) is 0. The van der Waals surface area contributed by atoms with Crippen LogP contribution in [-0.2, 0) is 0 Å². The molecule has 90 valence electrons. The average Bonchev–Trinajstić information content (AvgIpc) is 2.75. The van der Waals surface area contributed by atoms with E-state index in [1.807, 2.05) is 18.2 Å². The van der Waals surface area contributed by atoms with Crippen LogP contribution in [0.1, 0.15) is 26.2 Å². The van der Waals surface area contributed by atoms with Gasteiger partial charge in [-0.25, -0.2) is 0 Å². The number of rotatable bonds is 1. The second kappa shape index (κ2) is 3.95. The van der Waals surface area contributed by atoms with Crippen molar-refractivity contribution in [2.45, 2.75) is 32.2 Å². The molecule has 2 aromatic rings. The van der Waals surface area contributed by atoms with Crippen LogP contribution in [0, 0.1) is 0 Å². The van der Waals surface area contributed by atoms with E-state index in [1.54, 1.807) is 0 Å². The number of nitrogens with two attached hydrogens (primary N) is 1. The third-order valence-corrected chi connectivity index (χ3v) is 3.49. The van der Waals surface area contributed by atoms with Crippen LogP contribution in [0.15, 0.2) is 22.6 Å². The third kappa shape index (κ3) is 1.73. The first-order chi connectivity index (χ1) is 8.25. The van der Waals surface area contributed by atoms with E-state index in [4.69, 9.17) is 10.2 Å². The highest BCUT2D eigenvalue weighted by atomic mass is 16.4. The molecule has 17 heavy (non-hydrogen) atoms. The number of piperidine rings is 1. The van der Waals surface area contributed by atoms with Crippen molar-refractivity contribution in [2.24, 2.45) is 0 Å².